The highest BCUT2D eigenvalue weighted by Crippen LogP contribution is 2.37. The van der Waals surface area contributed by atoms with Crippen LogP contribution in [0.5, 0.6) is 0 Å². The van der Waals surface area contributed by atoms with E-state index in [-0.39, 0.29) is 5.78 Å². The van der Waals surface area contributed by atoms with Crippen molar-refractivity contribution in [3.8, 4) is 11.8 Å². The molecule has 64 valence electrons. The molecule has 1 atom stereocenters. The summed E-state index contributed by atoms with van der Waals surface area (Å²) in [5.74, 6) is 4.79. The van der Waals surface area contributed by atoms with Gasteiger partial charge >= 0.3 is 0 Å². The summed E-state index contributed by atoms with van der Waals surface area (Å²) < 4.78 is 0. The van der Waals surface area contributed by atoms with Crippen LogP contribution in [0.2, 0.25) is 0 Å². The van der Waals surface area contributed by atoms with E-state index in [2.05, 4.69) is 11.8 Å². The molecule has 1 aromatic carbocycles. The van der Waals surface area contributed by atoms with Crippen molar-refractivity contribution in [3.05, 3.63) is 35.4 Å². The van der Waals surface area contributed by atoms with Crippen molar-refractivity contribution in [2.24, 2.45) is 0 Å². The summed E-state index contributed by atoms with van der Waals surface area (Å²) in [4.78, 5) is 11.4. The highest BCUT2D eigenvalue weighted by Gasteiger charge is 2.48. The van der Waals surface area contributed by atoms with E-state index in [0.29, 0.717) is 11.1 Å². The summed E-state index contributed by atoms with van der Waals surface area (Å²) in [6.45, 7) is 1.60. The second kappa shape index (κ2) is 2.45. The van der Waals surface area contributed by atoms with Crippen LogP contribution >= 0.6 is 0 Å². The minimum Gasteiger partial charge on any atom is -0.367 e. The van der Waals surface area contributed by atoms with Gasteiger partial charge in [-0.05, 0) is 6.92 Å². The Kier molecular flexibility index (Phi) is 1.51. The van der Waals surface area contributed by atoms with E-state index in [1.165, 1.54) is 0 Å². The van der Waals surface area contributed by atoms with E-state index in [9.17, 15) is 9.90 Å². The molecule has 0 saturated carbocycles. The van der Waals surface area contributed by atoms with Gasteiger partial charge in [0.1, 0.15) is 0 Å². The van der Waals surface area contributed by atoms with Crippen molar-refractivity contribution in [3.63, 3.8) is 0 Å². The summed E-state index contributed by atoms with van der Waals surface area (Å²) in [6.07, 6.45) is 0. The van der Waals surface area contributed by atoms with Gasteiger partial charge in [-0.1, -0.05) is 30.2 Å². The van der Waals surface area contributed by atoms with E-state index < -0.39 is 5.60 Å². The van der Waals surface area contributed by atoms with E-state index >= 15 is 0 Å². The van der Waals surface area contributed by atoms with Crippen molar-refractivity contribution in [2.75, 3.05) is 0 Å². The third-order valence-electron chi connectivity index (χ3n) is 2.20. The number of carbonyl (C=O) groups excluding carboxylic acids is 1. The van der Waals surface area contributed by atoms with E-state index in [1.807, 2.05) is 0 Å². The topological polar surface area (TPSA) is 37.3 Å². The van der Waals surface area contributed by atoms with Gasteiger partial charge in [0.05, 0.1) is 0 Å². The van der Waals surface area contributed by atoms with Crippen LogP contribution in [0.1, 0.15) is 22.8 Å². The van der Waals surface area contributed by atoms with Gasteiger partial charge in [0.15, 0.2) is 0 Å². The SMILES string of the molecule is CC#CC1(O)C(=O)c2ccccc21. The van der Waals surface area contributed by atoms with Crippen LogP contribution in [0.4, 0.5) is 0 Å². The summed E-state index contributed by atoms with van der Waals surface area (Å²) in [7, 11) is 0. The summed E-state index contributed by atoms with van der Waals surface area (Å²) >= 11 is 0. The maximum Gasteiger partial charge on any atom is 0.215 e. The number of carbonyl (C=O) groups is 1. The van der Waals surface area contributed by atoms with E-state index in [1.54, 1.807) is 31.2 Å². The van der Waals surface area contributed by atoms with Crippen molar-refractivity contribution in [2.45, 2.75) is 12.5 Å². The van der Waals surface area contributed by atoms with Crippen LogP contribution in [0.15, 0.2) is 24.3 Å². The maximum atomic E-state index is 11.4. The molecular formula is C11H8O2. The molecule has 1 N–H and O–H groups in total. The Bertz CT molecular complexity index is 437. The van der Waals surface area contributed by atoms with Crippen LogP contribution < -0.4 is 0 Å². The Morgan fingerprint density at radius 3 is 2.77 bits per heavy atom. The summed E-state index contributed by atoms with van der Waals surface area (Å²) in [5.41, 5.74) is -0.340. The lowest BCUT2D eigenvalue weighted by molar-refractivity contribution is 0.0451. The van der Waals surface area contributed by atoms with Crippen LogP contribution in [0.3, 0.4) is 0 Å². The van der Waals surface area contributed by atoms with Gasteiger partial charge in [-0.25, -0.2) is 0 Å². The third kappa shape index (κ3) is 0.851. The zero-order valence-corrected chi connectivity index (χ0v) is 7.16. The zero-order valence-electron chi connectivity index (χ0n) is 7.16. The first-order valence-corrected chi connectivity index (χ1v) is 4.01. The molecule has 1 aliphatic rings. The molecule has 2 rings (SSSR count). The maximum absolute atomic E-state index is 11.4. The monoisotopic (exact) mass is 172 g/mol. The fraction of sp³-hybridized carbons (Fsp3) is 0.182. The molecule has 0 aliphatic heterocycles. The number of Topliss-reactive ketones (excluding diaryl/α,β-unsaturated/α-hetero) is 1. The number of ketones is 1. The molecule has 0 heterocycles. The molecule has 1 aromatic rings. The average Bonchev–Trinajstić information content (AvgIpc) is 2.17. The van der Waals surface area contributed by atoms with Gasteiger partial charge in [0.25, 0.3) is 0 Å². The van der Waals surface area contributed by atoms with Gasteiger partial charge < -0.3 is 5.11 Å². The molecule has 0 amide bonds. The highest BCUT2D eigenvalue weighted by atomic mass is 16.3. The van der Waals surface area contributed by atoms with E-state index in [0.717, 1.165) is 0 Å². The fourth-order valence-electron chi connectivity index (χ4n) is 1.56. The van der Waals surface area contributed by atoms with Crippen molar-refractivity contribution in [1.82, 2.24) is 0 Å². The smallest absolute Gasteiger partial charge is 0.215 e. The molecule has 0 fully saturated rings. The lowest BCUT2D eigenvalue weighted by Crippen LogP contribution is -2.44. The van der Waals surface area contributed by atoms with Crippen LogP contribution in [-0.4, -0.2) is 10.9 Å². The van der Waals surface area contributed by atoms with Crippen molar-refractivity contribution in [1.29, 1.82) is 0 Å². The molecule has 1 aliphatic carbocycles. The Hall–Kier alpha value is -1.59. The molecule has 0 radical (unpaired) electrons. The van der Waals surface area contributed by atoms with Gasteiger partial charge in [-0.2, -0.15) is 0 Å². The van der Waals surface area contributed by atoms with Crippen LogP contribution in [-0.2, 0) is 5.60 Å². The Morgan fingerprint density at radius 1 is 1.38 bits per heavy atom. The first-order valence-electron chi connectivity index (χ1n) is 4.01. The minimum atomic E-state index is -1.54. The standard InChI is InChI=1S/C11H8O2/c1-2-7-11(13)9-6-4-3-5-8(9)10(11)12/h3-6,13H,1H3. The molecule has 2 heteroatoms. The Balaban J connectivity index is 2.60. The first kappa shape index (κ1) is 8.03. The van der Waals surface area contributed by atoms with Gasteiger partial charge in [0.2, 0.25) is 11.4 Å². The molecule has 0 bridgehead atoms. The highest BCUT2D eigenvalue weighted by molar-refractivity contribution is 6.14. The third-order valence-corrected chi connectivity index (χ3v) is 2.20. The molecule has 13 heavy (non-hydrogen) atoms. The Labute approximate surface area is 76.2 Å². The summed E-state index contributed by atoms with van der Waals surface area (Å²) in [6, 6.07) is 6.98. The largest absolute Gasteiger partial charge is 0.367 e. The number of hydrogen-bond donors (Lipinski definition) is 1. The predicted molar refractivity (Wildman–Crippen MR) is 48.1 cm³/mol. The van der Waals surface area contributed by atoms with Gasteiger partial charge in [0, 0.05) is 11.1 Å². The number of aliphatic hydroxyl groups is 1. The molecule has 0 aromatic heterocycles. The number of benzene rings is 1. The Morgan fingerprint density at radius 2 is 2.08 bits per heavy atom. The number of hydrogen-bond acceptors (Lipinski definition) is 2. The molecular weight excluding hydrogens is 164 g/mol. The fourth-order valence-corrected chi connectivity index (χ4v) is 1.56. The van der Waals surface area contributed by atoms with Crippen molar-refractivity contribution < 1.29 is 9.90 Å². The second-order valence-electron chi connectivity index (χ2n) is 2.96. The first-order chi connectivity index (χ1) is 6.20. The number of rotatable bonds is 0. The van der Waals surface area contributed by atoms with Gasteiger partial charge in [-0.15, -0.1) is 5.92 Å². The number of fused-ring (bicyclic) bond motifs is 1. The molecule has 0 spiro atoms. The zero-order chi connectivity index (χ0) is 9.47. The summed E-state index contributed by atoms with van der Waals surface area (Å²) in [5, 5.41) is 9.81. The average molecular weight is 172 g/mol. The molecule has 0 saturated heterocycles. The van der Waals surface area contributed by atoms with E-state index in [4.69, 9.17) is 0 Å². The van der Waals surface area contributed by atoms with Crippen molar-refractivity contribution >= 4 is 5.78 Å². The normalized spacial score (nSPS) is 24.0. The second-order valence-corrected chi connectivity index (χ2v) is 2.96. The lowest BCUT2D eigenvalue weighted by Gasteiger charge is -2.32. The predicted octanol–water partition coefficient (Wildman–Crippen LogP) is 1.09. The minimum absolute atomic E-state index is 0.294. The molecule has 1 unspecified atom stereocenters. The van der Waals surface area contributed by atoms with Crippen LogP contribution in [0.25, 0.3) is 0 Å². The van der Waals surface area contributed by atoms with Gasteiger partial charge in [-0.3, -0.25) is 4.79 Å². The molecule has 2 nitrogen and oxygen atoms in total. The quantitative estimate of drug-likeness (QED) is 0.595. The lowest BCUT2D eigenvalue weighted by atomic mass is 9.72. The van der Waals surface area contributed by atoms with Crippen LogP contribution in [0, 0.1) is 11.8 Å².